The van der Waals surface area contributed by atoms with Crippen molar-refractivity contribution in [1.29, 1.82) is 0 Å². The molecule has 3 aromatic rings. The van der Waals surface area contributed by atoms with Gasteiger partial charge in [0.25, 0.3) is 0 Å². The van der Waals surface area contributed by atoms with Crippen LogP contribution in [0.3, 0.4) is 0 Å². The van der Waals surface area contributed by atoms with Gasteiger partial charge in [-0.1, -0.05) is 18.9 Å². The minimum absolute atomic E-state index is 0.449. The van der Waals surface area contributed by atoms with Crippen LogP contribution in [0.25, 0.3) is 10.9 Å². The largest absolute Gasteiger partial charge is 0.382 e. The van der Waals surface area contributed by atoms with Crippen LogP contribution in [-0.4, -0.2) is 20.9 Å². The highest BCUT2D eigenvalue weighted by Gasteiger charge is 2.35. The van der Waals surface area contributed by atoms with Gasteiger partial charge in [0.2, 0.25) is 0 Å². The SMILES string of the molecule is Cn1c2c(c3cc(S(=O)c4cccc(NC5CCCC5)c4)ccc31)C1CCC(C2)N1. The number of nitrogens with zero attached hydrogens (tertiary/aromatic N) is 1. The third-order valence-corrected chi connectivity index (χ3v) is 8.72. The molecule has 30 heavy (non-hydrogen) atoms. The van der Waals surface area contributed by atoms with Crippen molar-refractivity contribution in [3.05, 3.63) is 53.7 Å². The first-order valence-electron chi connectivity index (χ1n) is 11.3. The topological polar surface area (TPSA) is 46.1 Å². The average Bonchev–Trinajstić information content (AvgIpc) is 3.48. The molecular weight excluding hydrogens is 390 g/mol. The van der Waals surface area contributed by atoms with Crippen LogP contribution in [0, 0.1) is 0 Å². The Labute approximate surface area is 180 Å². The van der Waals surface area contributed by atoms with E-state index in [0.29, 0.717) is 18.1 Å². The van der Waals surface area contributed by atoms with Gasteiger partial charge in [-0.05, 0) is 67.6 Å². The van der Waals surface area contributed by atoms with Crippen molar-refractivity contribution < 1.29 is 4.21 Å². The number of fused-ring (bicyclic) bond motifs is 6. The number of anilines is 1. The zero-order valence-corrected chi connectivity index (χ0v) is 18.3. The van der Waals surface area contributed by atoms with Crippen LogP contribution in [0.1, 0.15) is 55.8 Å². The number of aryl methyl sites for hydroxylation is 1. The molecule has 2 bridgehead atoms. The highest BCUT2D eigenvalue weighted by molar-refractivity contribution is 7.85. The number of hydrogen-bond acceptors (Lipinski definition) is 3. The summed E-state index contributed by atoms with van der Waals surface area (Å²) in [6, 6.07) is 16.2. The quantitative estimate of drug-likeness (QED) is 0.622. The van der Waals surface area contributed by atoms with Crippen LogP contribution in [-0.2, 0) is 24.3 Å². The van der Waals surface area contributed by atoms with Crippen LogP contribution < -0.4 is 10.6 Å². The number of benzene rings is 2. The zero-order chi connectivity index (χ0) is 20.2. The molecule has 0 radical (unpaired) electrons. The molecule has 2 N–H and O–H groups in total. The average molecular weight is 420 g/mol. The zero-order valence-electron chi connectivity index (χ0n) is 17.5. The molecule has 1 saturated carbocycles. The summed E-state index contributed by atoms with van der Waals surface area (Å²) >= 11 is 0. The van der Waals surface area contributed by atoms with E-state index < -0.39 is 10.8 Å². The monoisotopic (exact) mass is 419 g/mol. The van der Waals surface area contributed by atoms with Crippen molar-refractivity contribution in [3.63, 3.8) is 0 Å². The highest BCUT2D eigenvalue weighted by atomic mass is 32.2. The van der Waals surface area contributed by atoms with E-state index in [1.165, 1.54) is 60.7 Å². The Hall–Kier alpha value is -2.11. The van der Waals surface area contributed by atoms with Crippen LogP contribution >= 0.6 is 0 Å². The molecule has 156 valence electrons. The predicted octanol–water partition coefficient (Wildman–Crippen LogP) is 5.05. The molecule has 0 amide bonds. The molecule has 1 saturated heterocycles. The summed E-state index contributed by atoms with van der Waals surface area (Å²) in [4.78, 5) is 1.77. The van der Waals surface area contributed by atoms with E-state index in [1.807, 2.05) is 18.2 Å². The summed E-state index contributed by atoms with van der Waals surface area (Å²) in [5.41, 5.74) is 5.25. The second kappa shape index (κ2) is 7.24. The van der Waals surface area contributed by atoms with Gasteiger partial charge in [-0.2, -0.15) is 0 Å². The molecule has 4 nitrogen and oxygen atoms in total. The van der Waals surface area contributed by atoms with Gasteiger partial charge < -0.3 is 15.2 Å². The first kappa shape index (κ1) is 18.6. The molecule has 2 fully saturated rings. The molecule has 5 heteroatoms. The van der Waals surface area contributed by atoms with Crippen LogP contribution in [0.5, 0.6) is 0 Å². The van der Waals surface area contributed by atoms with Gasteiger partial charge in [0.1, 0.15) is 0 Å². The number of aromatic nitrogens is 1. The highest BCUT2D eigenvalue weighted by Crippen LogP contribution is 2.42. The smallest absolute Gasteiger partial charge is 0.0850 e. The molecular formula is C25H29N3OS. The van der Waals surface area contributed by atoms with E-state index in [1.54, 1.807) is 0 Å². The van der Waals surface area contributed by atoms with E-state index in [0.717, 1.165) is 21.9 Å². The molecule has 3 atom stereocenters. The van der Waals surface area contributed by atoms with Gasteiger partial charge in [0.15, 0.2) is 0 Å². The van der Waals surface area contributed by atoms with E-state index in [2.05, 4.69) is 46.5 Å². The molecule has 3 unspecified atom stereocenters. The molecule has 2 aromatic carbocycles. The first-order valence-corrected chi connectivity index (χ1v) is 12.5. The summed E-state index contributed by atoms with van der Waals surface area (Å²) < 4.78 is 15.8. The number of nitrogens with one attached hydrogen (secondary N) is 2. The van der Waals surface area contributed by atoms with Gasteiger partial charge in [-0.25, -0.2) is 4.21 Å². The van der Waals surface area contributed by atoms with Crippen LogP contribution in [0.4, 0.5) is 5.69 Å². The first-order chi connectivity index (χ1) is 14.7. The van der Waals surface area contributed by atoms with Gasteiger partial charge in [0, 0.05) is 63.7 Å². The molecule has 6 rings (SSSR count). The van der Waals surface area contributed by atoms with Crippen LogP contribution in [0.2, 0.25) is 0 Å². The van der Waals surface area contributed by atoms with Crippen molar-refractivity contribution in [3.8, 4) is 0 Å². The number of rotatable bonds is 4. The minimum atomic E-state index is -1.18. The molecule has 2 aliphatic heterocycles. The summed E-state index contributed by atoms with van der Waals surface area (Å²) in [6.45, 7) is 0. The van der Waals surface area contributed by atoms with Crippen molar-refractivity contribution in [2.75, 3.05) is 5.32 Å². The Morgan fingerprint density at radius 1 is 1.03 bits per heavy atom. The second-order valence-electron chi connectivity index (χ2n) is 9.22. The Morgan fingerprint density at radius 2 is 1.87 bits per heavy atom. The van der Waals surface area contributed by atoms with E-state index in [4.69, 9.17) is 0 Å². The maximum Gasteiger partial charge on any atom is 0.0850 e. The van der Waals surface area contributed by atoms with Crippen molar-refractivity contribution >= 4 is 27.4 Å². The van der Waals surface area contributed by atoms with Crippen LogP contribution in [0.15, 0.2) is 52.3 Å². The van der Waals surface area contributed by atoms with Gasteiger partial charge >= 0.3 is 0 Å². The fourth-order valence-corrected chi connectivity index (χ4v) is 6.97. The summed E-state index contributed by atoms with van der Waals surface area (Å²) in [7, 11) is 1.00. The summed E-state index contributed by atoms with van der Waals surface area (Å²) in [6.07, 6.45) is 8.65. The molecule has 3 heterocycles. The second-order valence-corrected chi connectivity index (χ2v) is 10.7. The lowest BCUT2D eigenvalue weighted by Gasteiger charge is -2.23. The lowest BCUT2D eigenvalue weighted by Crippen LogP contribution is -2.32. The summed E-state index contributed by atoms with van der Waals surface area (Å²) in [5, 5.41) is 8.68. The predicted molar refractivity (Wildman–Crippen MR) is 123 cm³/mol. The third-order valence-electron chi connectivity index (χ3n) is 7.35. The maximum absolute atomic E-state index is 13.5. The molecule has 1 aliphatic carbocycles. The fourth-order valence-electron chi connectivity index (χ4n) is 5.84. The maximum atomic E-state index is 13.5. The van der Waals surface area contributed by atoms with Gasteiger partial charge in [-0.15, -0.1) is 0 Å². The fraction of sp³-hybridized carbons (Fsp3) is 0.440. The lowest BCUT2D eigenvalue weighted by atomic mass is 9.99. The van der Waals surface area contributed by atoms with Crippen molar-refractivity contribution in [2.45, 2.75) is 72.9 Å². The summed E-state index contributed by atoms with van der Waals surface area (Å²) in [5.74, 6) is 0. The standard InChI is InChI=1S/C25H29N3OS/c1-28-23-12-10-20(15-21(23)25-22-11-9-18(27-22)14-24(25)28)30(29)19-8-4-7-17(13-19)26-16-5-2-3-6-16/h4,7-8,10,12-13,15-16,18,22,26-27H,2-3,5-6,9,11,14H2,1H3. The molecule has 0 spiro atoms. The Bertz CT molecular complexity index is 1140. The lowest BCUT2D eigenvalue weighted by molar-refractivity contribution is 0.503. The van der Waals surface area contributed by atoms with Gasteiger partial charge in [-0.3, -0.25) is 0 Å². The Morgan fingerprint density at radius 3 is 2.73 bits per heavy atom. The Balaban J connectivity index is 1.35. The Kier molecular flexibility index (Phi) is 4.50. The normalized spacial score (nSPS) is 24.3. The van der Waals surface area contributed by atoms with E-state index >= 15 is 0 Å². The third kappa shape index (κ3) is 3.02. The van der Waals surface area contributed by atoms with Crippen molar-refractivity contribution in [1.82, 2.24) is 9.88 Å². The number of hydrogen-bond donors (Lipinski definition) is 2. The van der Waals surface area contributed by atoms with Gasteiger partial charge in [0.05, 0.1) is 10.8 Å². The molecule has 3 aliphatic rings. The van der Waals surface area contributed by atoms with E-state index in [9.17, 15) is 4.21 Å². The molecule has 1 aromatic heterocycles. The minimum Gasteiger partial charge on any atom is -0.382 e. The van der Waals surface area contributed by atoms with E-state index in [-0.39, 0.29) is 0 Å². The van der Waals surface area contributed by atoms with Crippen molar-refractivity contribution in [2.24, 2.45) is 7.05 Å².